The van der Waals surface area contributed by atoms with Crippen molar-refractivity contribution in [1.29, 1.82) is 0 Å². The van der Waals surface area contributed by atoms with Gasteiger partial charge in [-0.05, 0) is 37.3 Å². The van der Waals surface area contributed by atoms with Gasteiger partial charge in [-0.3, -0.25) is 4.99 Å². The zero-order valence-electron chi connectivity index (χ0n) is 16.0. The van der Waals surface area contributed by atoms with E-state index in [9.17, 15) is 0 Å². The number of halogens is 1. The maximum absolute atomic E-state index is 6.20. The molecule has 2 heterocycles. The normalized spacial score (nSPS) is 14.5. The summed E-state index contributed by atoms with van der Waals surface area (Å²) >= 11 is 6.20. The molecule has 0 saturated heterocycles. The van der Waals surface area contributed by atoms with Gasteiger partial charge in [0.1, 0.15) is 11.6 Å². The lowest BCUT2D eigenvalue weighted by Crippen LogP contribution is -2.38. The van der Waals surface area contributed by atoms with E-state index >= 15 is 0 Å². The topological polar surface area (TPSA) is 67.1 Å². The van der Waals surface area contributed by atoms with Gasteiger partial charge in [-0.15, -0.1) is 10.2 Å². The molecule has 2 N–H and O–H groups in total. The highest BCUT2D eigenvalue weighted by molar-refractivity contribution is 6.31. The van der Waals surface area contributed by atoms with E-state index in [1.807, 2.05) is 18.2 Å². The average molecular weight is 389 g/mol. The molecule has 0 aliphatic carbocycles. The summed E-state index contributed by atoms with van der Waals surface area (Å²) in [6, 6.07) is 7.95. The monoisotopic (exact) mass is 388 g/mol. The fraction of sp³-hybridized carbons (Fsp3) is 0.550. The van der Waals surface area contributed by atoms with Crippen molar-refractivity contribution in [1.82, 2.24) is 25.4 Å². The molecule has 6 nitrogen and oxygen atoms in total. The molecule has 0 bridgehead atoms. The largest absolute Gasteiger partial charge is 0.356 e. The minimum Gasteiger partial charge on any atom is -0.356 e. The van der Waals surface area contributed by atoms with Gasteiger partial charge in [-0.2, -0.15) is 0 Å². The summed E-state index contributed by atoms with van der Waals surface area (Å²) in [5.41, 5.74) is 1.15. The number of aryl methyl sites for hydroxylation is 2. The zero-order chi connectivity index (χ0) is 18.9. The van der Waals surface area contributed by atoms with Crippen LogP contribution < -0.4 is 10.6 Å². The predicted octanol–water partition coefficient (Wildman–Crippen LogP) is 3.00. The molecular weight excluding hydrogens is 360 g/mol. The first kappa shape index (κ1) is 19.7. The Morgan fingerprint density at radius 1 is 1.11 bits per heavy atom. The number of hydrogen-bond acceptors (Lipinski definition) is 3. The molecule has 0 unspecified atom stereocenters. The first-order chi connectivity index (χ1) is 13.3. The molecule has 0 radical (unpaired) electrons. The number of benzene rings is 1. The first-order valence-corrected chi connectivity index (χ1v) is 10.2. The SMILES string of the molecule is CN=C(NCCCc1nnc2n1CCCCC2)NCCc1ccccc1Cl. The average Bonchev–Trinajstić information content (AvgIpc) is 2.91. The Labute approximate surface area is 166 Å². The standard InChI is InChI=1S/C20H29ClN6/c1-22-20(24-14-12-16-8-4-5-9-17(16)21)23-13-7-11-19-26-25-18-10-3-2-6-15-27(18)19/h4-5,8-9H,2-3,6-7,10-15H2,1H3,(H2,22,23,24). The van der Waals surface area contributed by atoms with Crippen molar-refractivity contribution in [3.63, 3.8) is 0 Å². The fourth-order valence-electron chi connectivity index (χ4n) is 3.42. The van der Waals surface area contributed by atoms with Crippen molar-refractivity contribution in [2.45, 2.75) is 51.5 Å². The molecular formula is C20H29ClN6. The lowest BCUT2D eigenvalue weighted by atomic mass is 10.1. The van der Waals surface area contributed by atoms with Crippen molar-refractivity contribution in [3.05, 3.63) is 46.5 Å². The van der Waals surface area contributed by atoms with Gasteiger partial charge in [-0.1, -0.05) is 36.2 Å². The fourth-order valence-corrected chi connectivity index (χ4v) is 3.65. The van der Waals surface area contributed by atoms with Crippen LogP contribution in [0.2, 0.25) is 5.02 Å². The second-order valence-corrected chi connectivity index (χ2v) is 7.27. The third-order valence-corrected chi connectivity index (χ3v) is 5.29. The van der Waals surface area contributed by atoms with E-state index in [2.05, 4.69) is 36.5 Å². The van der Waals surface area contributed by atoms with Crippen LogP contribution in [0.5, 0.6) is 0 Å². The summed E-state index contributed by atoms with van der Waals surface area (Å²) in [7, 11) is 1.79. The Kier molecular flexibility index (Phi) is 7.51. The molecule has 146 valence electrons. The van der Waals surface area contributed by atoms with E-state index < -0.39 is 0 Å². The van der Waals surface area contributed by atoms with E-state index in [0.29, 0.717) is 0 Å². The van der Waals surface area contributed by atoms with E-state index in [4.69, 9.17) is 11.6 Å². The van der Waals surface area contributed by atoms with Crippen LogP contribution in [0.25, 0.3) is 0 Å². The van der Waals surface area contributed by atoms with Crippen LogP contribution in [0, 0.1) is 0 Å². The molecule has 3 rings (SSSR count). The molecule has 0 atom stereocenters. The molecule has 2 aromatic rings. The maximum Gasteiger partial charge on any atom is 0.190 e. The lowest BCUT2D eigenvalue weighted by molar-refractivity contribution is 0.594. The van der Waals surface area contributed by atoms with Crippen LogP contribution >= 0.6 is 11.6 Å². The molecule has 27 heavy (non-hydrogen) atoms. The van der Waals surface area contributed by atoms with Crippen molar-refractivity contribution in [2.75, 3.05) is 20.1 Å². The predicted molar refractivity (Wildman–Crippen MR) is 110 cm³/mol. The molecule has 0 spiro atoms. The summed E-state index contributed by atoms with van der Waals surface area (Å²) in [5.74, 6) is 3.10. The molecule has 1 aromatic heterocycles. The molecule has 1 aliphatic heterocycles. The number of hydrogen-bond donors (Lipinski definition) is 2. The van der Waals surface area contributed by atoms with Crippen LogP contribution in [-0.4, -0.2) is 40.9 Å². The van der Waals surface area contributed by atoms with Crippen LogP contribution in [0.3, 0.4) is 0 Å². The third kappa shape index (κ3) is 5.70. The highest BCUT2D eigenvalue weighted by Gasteiger charge is 2.14. The van der Waals surface area contributed by atoms with E-state index in [0.717, 1.165) is 73.5 Å². The second-order valence-electron chi connectivity index (χ2n) is 6.87. The van der Waals surface area contributed by atoms with Gasteiger partial charge in [0.25, 0.3) is 0 Å². The van der Waals surface area contributed by atoms with Gasteiger partial charge >= 0.3 is 0 Å². The summed E-state index contributed by atoms with van der Waals surface area (Å²) in [4.78, 5) is 4.29. The summed E-state index contributed by atoms with van der Waals surface area (Å²) < 4.78 is 2.32. The van der Waals surface area contributed by atoms with Gasteiger partial charge < -0.3 is 15.2 Å². The van der Waals surface area contributed by atoms with Crippen molar-refractivity contribution < 1.29 is 0 Å². The lowest BCUT2D eigenvalue weighted by Gasteiger charge is -2.12. The minimum atomic E-state index is 0.793. The van der Waals surface area contributed by atoms with Gasteiger partial charge in [0, 0.05) is 44.5 Å². The Morgan fingerprint density at radius 3 is 2.81 bits per heavy atom. The van der Waals surface area contributed by atoms with Gasteiger partial charge in [0.2, 0.25) is 0 Å². The molecule has 0 saturated carbocycles. The Balaban J connectivity index is 1.38. The van der Waals surface area contributed by atoms with Crippen LogP contribution in [0.4, 0.5) is 0 Å². The van der Waals surface area contributed by atoms with Gasteiger partial charge in [0.15, 0.2) is 5.96 Å². The number of nitrogens with zero attached hydrogens (tertiary/aromatic N) is 4. The van der Waals surface area contributed by atoms with Crippen molar-refractivity contribution >= 4 is 17.6 Å². The summed E-state index contributed by atoms with van der Waals surface area (Å²) in [6.45, 7) is 2.71. The number of fused-ring (bicyclic) bond motifs is 1. The summed E-state index contributed by atoms with van der Waals surface area (Å²) in [6.07, 6.45) is 7.63. The maximum atomic E-state index is 6.20. The number of nitrogens with one attached hydrogen (secondary N) is 2. The quantitative estimate of drug-likeness (QED) is 0.434. The smallest absolute Gasteiger partial charge is 0.190 e. The van der Waals surface area contributed by atoms with Crippen LogP contribution in [0.1, 0.15) is 42.9 Å². The van der Waals surface area contributed by atoms with Gasteiger partial charge in [-0.25, -0.2) is 0 Å². The van der Waals surface area contributed by atoms with E-state index in [-0.39, 0.29) is 0 Å². The highest BCUT2D eigenvalue weighted by Crippen LogP contribution is 2.15. The number of rotatable bonds is 7. The van der Waals surface area contributed by atoms with E-state index in [1.165, 1.54) is 19.3 Å². The second kappa shape index (κ2) is 10.3. The van der Waals surface area contributed by atoms with E-state index in [1.54, 1.807) is 7.05 Å². The molecule has 0 amide bonds. The minimum absolute atomic E-state index is 0.793. The third-order valence-electron chi connectivity index (χ3n) is 4.92. The molecule has 0 fully saturated rings. The van der Waals surface area contributed by atoms with Crippen molar-refractivity contribution in [3.8, 4) is 0 Å². The van der Waals surface area contributed by atoms with Crippen LogP contribution in [-0.2, 0) is 25.8 Å². The molecule has 1 aliphatic rings. The Hall–Kier alpha value is -2.08. The van der Waals surface area contributed by atoms with Crippen LogP contribution in [0.15, 0.2) is 29.3 Å². The summed E-state index contributed by atoms with van der Waals surface area (Å²) in [5, 5.41) is 16.3. The molecule has 1 aromatic carbocycles. The Morgan fingerprint density at radius 2 is 1.96 bits per heavy atom. The Bertz CT molecular complexity index is 755. The number of guanidine groups is 1. The van der Waals surface area contributed by atoms with Crippen molar-refractivity contribution in [2.24, 2.45) is 4.99 Å². The van der Waals surface area contributed by atoms with Gasteiger partial charge in [0.05, 0.1) is 0 Å². The number of aliphatic imine (C=N–C) groups is 1. The first-order valence-electron chi connectivity index (χ1n) is 9.87. The molecule has 7 heteroatoms. The highest BCUT2D eigenvalue weighted by atomic mass is 35.5. The number of aromatic nitrogens is 3. The zero-order valence-corrected chi connectivity index (χ0v) is 16.8.